The number of aliphatic hydroxyl groups excluding tert-OH is 1. The van der Waals surface area contributed by atoms with Crippen molar-refractivity contribution in [2.24, 2.45) is 0 Å². The molecule has 1 fully saturated rings. The lowest BCUT2D eigenvalue weighted by Crippen LogP contribution is -2.31. The SMILES string of the molecule is CCOc1ccc(/C(O)=C2/C(=O)C(=O)N(CCCOC)C2c2ccccc2)cc1C. The summed E-state index contributed by atoms with van der Waals surface area (Å²) >= 11 is 0. The highest BCUT2D eigenvalue weighted by Crippen LogP contribution is 2.39. The number of carbonyl (C=O) groups excluding carboxylic acids is 2. The fraction of sp³-hybridized carbons (Fsp3) is 0.333. The van der Waals surface area contributed by atoms with E-state index in [0.29, 0.717) is 37.5 Å². The van der Waals surface area contributed by atoms with Crippen molar-refractivity contribution in [3.63, 3.8) is 0 Å². The third kappa shape index (κ3) is 4.24. The highest BCUT2D eigenvalue weighted by Gasteiger charge is 2.45. The first-order valence-electron chi connectivity index (χ1n) is 10.1. The number of aliphatic hydroxyl groups is 1. The van der Waals surface area contributed by atoms with Gasteiger partial charge in [0.05, 0.1) is 18.2 Å². The van der Waals surface area contributed by atoms with E-state index in [2.05, 4.69) is 0 Å². The molecule has 1 saturated heterocycles. The topological polar surface area (TPSA) is 76.1 Å². The second-order valence-corrected chi connectivity index (χ2v) is 7.16. The minimum atomic E-state index is -0.676. The average molecular weight is 409 g/mol. The molecule has 0 spiro atoms. The number of methoxy groups -OCH3 is 1. The Morgan fingerprint density at radius 2 is 1.87 bits per heavy atom. The lowest BCUT2D eigenvalue weighted by atomic mass is 9.95. The van der Waals surface area contributed by atoms with Gasteiger partial charge in [-0.05, 0) is 49.6 Å². The van der Waals surface area contributed by atoms with Crippen LogP contribution in [0.25, 0.3) is 5.76 Å². The van der Waals surface area contributed by atoms with Gasteiger partial charge in [0, 0.05) is 25.8 Å². The van der Waals surface area contributed by atoms with E-state index >= 15 is 0 Å². The third-order valence-corrected chi connectivity index (χ3v) is 5.15. The Balaban J connectivity index is 2.08. The number of Topliss-reactive ketones (excluding diaryl/α,β-unsaturated/α-hetero) is 1. The van der Waals surface area contributed by atoms with Gasteiger partial charge in [-0.15, -0.1) is 0 Å². The van der Waals surface area contributed by atoms with E-state index in [-0.39, 0.29) is 11.3 Å². The van der Waals surface area contributed by atoms with Gasteiger partial charge < -0.3 is 19.5 Å². The van der Waals surface area contributed by atoms with Crippen molar-refractivity contribution in [2.45, 2.75) is 26.3 Å². The number of benzene rings is 2. The molecule has 1 aliphatic heterocycles. The van der Waals surface area contributed by atoms with Gasteiger partial charge >= 0.3 is 0 Å². The summed E-state index contributed by atoms with van der Waals surface area (Å²) in [6.45, 7) is 5.14. The summed E-state index contributed by atoms with van der Waals surface area (Å²) in [6.07, 6.45) is 0.592. The molecule has 0 saturated carbocycles. The van der Waals surface area contributed by atoms with Crippen LogP contribution in [0.4, 0.5) is 0 Å². The summed E-state index contributed by atoms with van der Waals surface area (Å²) in [5.41, 5.74) is 2.20. The molecular weight excluding hydrogens is 382 g/mol. The largest absolute Gasteiger partial charge is 0.507 e. The zero-order valence-corrected chi connectivity index (χ0v) is 17.6. The molecule has 1 aliphatic rings. The lowest BCUT2D eigenvalue weighted by Gasteiger charge is -2.25. The maximum absolute atomic E-state index is 12.9. The lowest BCUT2D eigenvalue weighted by molar-refractivity contribution is -0.140. The van der Waals surface area contributed by atoms with E-state index in [1.165, 1.54) is 4.90 Å². The molecule has 158 valence electrons. The van der Waals surface area contributed by atoms with Crippen LogP contribution in [0.5, 0.6) is 5.75 Å². The first-order valence-corrected chi connectivity index (χ1v) is 10.1. The molecule has 30 heavy (non-hydrogen) atoms. The summed E-state index contributed by atoms with van der Waals surface area (Å²) in [4.78, 5) is 27.3. The molecule has 1 amide bonds. The van der Waals surface area contributed by atoms with Crippen molar-refractivity contribution in [3.05, 3.63) is 70.8 Å². The number of likely N-dealkylation sites (tertiary alicyclic amines) is 1. The molecule has 1 heterocycles. The first-order chi connectivity index (χ1) is 14.5. The fourth-order valence-corrected chi connectivity index (χ4v) is 3.74. The van der Waals surface area contributed by atoms with Crippen LogP contribution in [0.2, 0.25) is 0 Å². The second kappa shape index (κ2) is 9.59. The summed E-state index contributed by atoms with van der Waals surface area (Å²) in [5.74, 6) is -0.745. The molecule has 0 bridgehead atoms. The van der Waals surface area contributed by atoms with E-state index < -0.39 is 17.7 Å². The minimum Gasteiger partial charge on any atom is -0.507 e. The van der Waals surface area contributed by atoms with Gasteiger partial charge in [-0.2, -0.15) is 0 Å². The van der Waals surface area contributed by atoms with Crippen LogP contribution in [0.3, 0.4) is 0 Å². The van der Waals surface area contributed by atoms with Gasteiger partial charge in [0.1, 0.15) is 11.5 Å². The van der Waals surface area contributed by atoms with E-state index in [0.717, 1.165) is 11.1 Å². The van der Waals surface area contributed by atoms with Crippen LogP contribution in [-0.2, 0) is 14.3 Å². The molecular formula is C24H27NO5. The smallest absolute Gasteiger partial charge is 0.295 e. The predicted octanol–water partition coefficient (Wildman–Crippen LogP) is 3.85. The highest BCUT2D eigenvalue weighted by molar-refractivity contribution is 6.46. The second-order valence-electron chi connectivity index (χ2n) is 7.16. The Kier molecular flexibility index (Phi) is 6.90. The van der Waals surface area contributed by atoms with E-state index in [9.17, 15) is 14.7 Å². The summed E-state index contributed by atoms with van der Waals surface area (Å²) in [5, 5.41) is 11.1. The molecule has 3 rings (SSSR count). The molecule has 1 N–H and O–H groups in total. The van der Waals surface area contributed by atoms with Crippen molar-refractivity contribution >= 4 is 17.4 Å². The van der Waals surface area contributed by atoms with Crippen molar-refractivity contribution in [1.82, 2.24) is 4.90 Å². The van der Waals surface area contributed by atoms with Crippen molar-refractivity contribution in [3.8, 4) is 5.75 Å². The number of rotatable bonds is 8. The number of amides is 1. The zero-order chi connectivity index (χ0) is 21.7. The monoisotopic (exact) mass is 409 g/mol. The third-order valence-electron chi connectivity index (χ3n) is 5.15. The molecule has 0 aromatic heterocycles. The van der Waals surface area contributed by atoms with Crippen molar-refractivity contribution in [2.75, 3.05) is 26.9 Å². The van der Waals surface area contributed by atoms with E-state index in [4.69, 9.17) is 9.47 Å². The number of aryl methyl sites for hydroxylation is 1. The Hall–Kier alpha value is -3.12. The Bertz CT molecular complexity index is 951. The summed E-state index contributed by atoms with van der Waals surface area (Å²) in [7, 11) is 1.59. The number of ketones is 1. The summed E-state index contributed by atoms with van der Waals surface area (Å²) in [6, 6.07) is 13.9. The fourth-order valence-electron chi connectivity index (χ4n) is 3.74. The molecule has 0 aliphatic carbocycles. The van der Waals surface area contributed by atoms with Crippen LogP contribution in [0.15, 0.2) is 54.1 Å². The molecule has 2 aromatic carbocycles. The van der Waals surface area contributed by atoms with Crippen molar-refractivity contribution < 1.29 is 24.2 Å². The molecule has 6 nitrogen and oxygen atoms in total. The number of hydrogen-bond acceptors (Lipinski definition) is 5. The van der Waals surface area contributed by atoms with Gasteiger partial charge in [0.2, 0.25) is 0 Å². The minimum absolute atomic E-state index is 0.104. The van der Waals surface area contributed by atoms with Crippen LogP contribution < -0.4 is 4.74 Å². The normalized spacial score (nSPS) is 18.1. The van der Waals surface area contributed by atoms with Crippen molar-refractivity contribution in [1.29, 1.82) is 0 Å². The molecule has 1 atom stereocenters. The van der Waals surface area contributed by atoms with Gasteiger partial charge in [0.15, 0.2) is 0 Å². The first kappa shape index (κ1) is 21.6. The van der Waals surface area contributed by atoms with Crippen LogP contribution in [0.1, 0.15) is 36.1 Å². The van der Waals surface area contributed by atoms with Crippen LogP contribution in [-0.4, -0.2) is 48.6 Å². The Labute approximate surface area is 176 Å². The average Bonchev–Trinajstić information content (AvgIpc) is 3.00. The molecule has 2 aromatic rings. The zero-order valence-electron chi connectivity index (χ0n) is 17.6. The van der Waals surface area contributed by atoms with Gasteiger partial charge in [-0.3, -0.25) is 9.59 Å². The highest BCUT2D eigenvalue weighted by atomic mass is 16.5. The Morgan fingerprint density at radius 1 is 1.13 bits per heavy atom. The maximum Gasteiger partial charge on any atom is 0.295 e. The van der Waals surface area contributed by atoms with E-state index in [1.54, 1.807) is 25.3 Å². The molecule has 0 radical (unpaired) electrons. The summed E-state index contributed by atoms with van der Waals surface area (Å²) < 4.78 is 10.7. The number of hydrogen-bond donors (Lipinski definition) is 1. The van der Waals surface area contributed by atoms with Crippen LogP contribution >= 0.6 is 0 Å². The number of carbonyl (C=O) groups is 2. The van der Waals surface area contributed by atoms with Gasteiger partial charge in [0.25, 0.3) is 11.7 Å². The van der Waals surface area contributed by atoms with Crippen LogP contribution in [0, 0.1) is 6.92 Å². The van der Waals surface area contributed by atoms with E-state index in [1.807, 2.05) is 44.2 Å². The molecule has 6 heteroatoms. The number of nitrogens with zero attached hydrogens (tertiary/aromatic N) is 1. The predicted molar refractivity (Wildman–Crippen MR) is 114 cm³/mol. The number of ether oxygens (including phenoxy) is 2. The quantitative estimate of drug-likeness (QED) is 0.310. The standard InChI is InChI=1S/C24H27NO5/c1-4-30-19-12-11-18(15-16(19)2)22(26)20-21(17-9-6-5-7-10-17)25(13-8-14-29-3)24(28)23(20)27/h5-7,9-12,15,21,26H,4,8,13-14H2,1-3H3/b22-20-. The maximum atomic E-state index is 12.9. The van der Waals surface area contributed by atoms with Gasteiger partial charge in [-0.25, -0.2) is 0 Å². The van der Waals surface area contributed by atoms with Gasteiger partial charge in [-0.1, -0.05) is 30.3 Å². The molecule has 1 unspecified atom stereocenters. The Morgan fingerprint density at radius 3 is 2.50 bits per heavy atom.